The average Bonchev–Trinajstić information content (AvgIpc) is 3.55. The molecule has 0 aliphatic rings. The number of aliphatic hydroxyl groups excluding tert-OH is 1. The summed E-state index contributed by atoms with van der Waals surface area (Å²) >= 11 is 0. The molecule has 0 saturated carbocycles. The number of rotatable bonds is 12. The van der Waals surface area contributed by atoms with E-state index in [0.717, 1.165) is 43.6 Å². The number of carboxylic acid groups (broad SMARTS) is 1. The third-order valence-electron chi connectivity index (χ3n) is 6.94. The van der Waals surface area contributed by atoms with E-state index in [1.165, 1.54) is 22.2 Å². The highest BCUT2D eigenvalue weighted by atomic mass is 16.4. The quantitative estimate of drug-likeness (QED) is 0.181. The van der Waals surface area contributed by atoms with Crippen molar-refractivity contribution in [1.29, 1.82) is 0 Å². The molecule has 2 heterocycles. The highest BCUT2D eigenvalue weighted by Gasteiger charge is 2.14. The normalized spacial score (nSPS) is 11.9. The SMILES string of the molecule is CCCC(=O)Nc1ccc2[nH]c(C)c(CCN(C)CCc3cnn(C(C)C)c3)c2c1.O=C(O)C(O)c1ccccc1. The molecule has 4 rings (SSSR count). The first-order valence-corrected chi connectivity index (χ1v) is 14.2. The molecule has 0 saturated heterocycles. The third-order valence-corrected chi connectivity index (χ3v) is 6.94. The van der Waals surface area contributed by atoms with E-state index in [1.807, 2.05) is 23.9 Å². The lowest BCUT2D eigenvalue weighted by molar-refractivity contribution is -0.147. The molecule has 1 unspecified atom stereocenters. The van der Waals surface area contributed by atoms with E-state index < -0.39 is 12.1 Å². The number of benzene rings is 2. The minimum atomic E-state index is -1.41. The molecule has 0 aliphatic heterocycles. The summed E-state index contributed by atoms with van der Waals surface area (Å²) in [7, 11) is 2.17. The molecule has 0 aliphatic carbocycles. The van der Waals surface area contributed by atoms with Crippen LogP contribution in [0.3, 0.4) is 0 Å². The van der Waals surface area contributed by atoms with Crippen molar-refractivity contribution < 1.29 is 19.8 Å². The van der Waals surface area contributed by atoms with Crippen molar-refractivity contribution in [3.63, 3.8) is 0 Å². The maximum Gasteiger partial charge on any atom is 0.337 e. The lowest BCUT2D eigenvalue weighted by atomic mass is 10.1. The maximum absolute atomic E-state index is 11.9. The summed E-state index contributed by atoms with van der Waals surface area (Å²) in [6.45, 7) is 10.4. The lowest BCUT2D eigenvalue weighted by Gasteiger charge is -2.16. The van der Waals surface area contributed by atoms with E-state index >= 15 is 0 Å². The van der Waals surface area contributed by atoms with Gasteiger partial charge < -0.3 is 25.4 Å². The van der Waals surface area contributed by atoms with E-state index in [2.05, 4.69) is 66.4 Å². The topological polar surface area (TPSA) is 123 Å². The van der Waals surface area contributed by atoms with Gasteiger partial charge in [-0.2, -0.15) is 5.10 Å². The van der Waals surface area contributed by atoms with Crippen LogP contribution < -0.4 is 5.32 Å². The molecule has 9 nitrogen and oxygen atoms in total. The molecule has 0 bridgehead atoms. The summed E-state index contributed by atoms with van der Waals surface area (Å²) in [5.74, 6) is -1.15. The van der Waals surface area contributed by atoms with Crippen molar-refractivity contribution in [2.24, 2.45) is 0 Å². The van der Waals surface area contributed by atoms with E-state index in [4.69, 9.17) is 10.2 Å². The summed E-state index contributed by atoms with van der Waals surface area (Å²) in [5, 5.41) is 26.0. The van der Waals surface area contributed by atoms with Gasteiger partial charge in [0.1, 0.15) is 0 Å². The van der Waals surface area contributed by atoms with E-state index in [0.29, 0.717) is 18.0 Å². The summed E-state index contributed by atoms with van der Waals surface area (Å²) in [6, 6.07) is 14.8. The Morgan fingerprint density at radius 2 is 1.80 bits per heavy atom. The number of aromatic amines is 1. The van der Waals surface area contributed by atoms with Crippen LogP contribution in [-0.2, 0) is 22.4 Å². The maximum atomic E-state index is 11.9. The van der Waals surface area contributed by atoms with Crippen LogP contribution in [0, 0.1) is 6.92 Å². The number of aliphatic carboxylic acids is 1. The first kappa shape index (κ1) is 31.6. The van der Waals surface area contributed by atoms with E-state index in [9.17, 15) is 9.59 Å². The van der Waals surface area contributed by atoms with Crippen LogP contribution in [0.5, 0.6) is 0 Å². The Labute approximate surface area is 242 Å². The van der Waals surface area contributed by atoms with Gasteiger partial charge in [-0.15, -0.1) is 0 Å². The number of anilines is 1. The Morgan fingerprint density at radius 1 is 1.10 bits per heavy atom. The van der Waals surface area contributed by atoms with Gasteiger partial charge in [0, 0.05) is 54.0 Å². The number of hydrogen-bond acceptors (Lipinski definition) is 5. The van der Waals surface area contributed by atoms with Crippen molar-refractivity contribution in [1.82, 2.24) is 19.7 Å². The Hall–Kier alpha value is -3.95. The zero-order chi connectivity index (χ0) is 29.9. The van der Waals surface area contributed by atoms with Gasteiger partial charge in [0.25, 0.3) is 0 Å². The fraction of sp³-hybridized carbons (Fsp3) is 0.406. The van der Waals surface area contributed by atoms with Gasteiger partial charge in [-0.25, -0.2) is 4.79 Å². The standard InChI is InChI=1S/C24H35N5O.C8H8O3/c1-6-7-24(30)27-20-8-9-23-22(14-20)21(18(4)26-23)11-13-28(5)12-10-19-15-25-29(16-19)17(2)3;9-7(8(10)11)6-4-2-1-3-5-6/h8-9,14-17,26H,6-7,10-13H2,1-5H3,(H,27,30);1-5,7,9H,(H,10,11). The number of H-pyrrole nitrogens is 1. The third kappa shape index (κ3) is 9.30. The largest absolute Gasteiger partial charge is 0.479 e. The number of aromatic nitrogens is 3. The molecule has 2 aromatic carbocycles. The summed E-state index contributed by atoms with van der Waals surface area (Å²) < 4.78 is 2.02. The van der Waals surface area contributed by atoms with Crippen LogP contribution in [0.1, 0.15) is 68.1 Å². The van der Waals surface area contributed by atoms with Gasteiger partial charge in [-0.3, -0.25) is 9.48 Å². The molecule has 220 valence electrons. The monoisotopic (exact) mass is 561 g/mol. The van der Waals surface area contributed by atoms with Crippen LogP contribution in [0.25, 0.3) is 10.9 Å². The fourth-order valence-electron chi connectivity index (χ4n) is 4.53. The molecule has 4 aromatic rings. The molecule has 4 N–H and O–H groups in total. The number of carbonyl (C=O) groups is 2. The van der Waals surface area contributed by atoms with Crippen molar-refractivity contribution in [3.8, 4) is 0 Å². The Kier molecular flexibility index (Phi) is 11.7. The van der Waals surface area contributed by atoms with Gasteiger partial charge in [-0.1, -0.05) is 37.3 Å². The van der Waals surface area contributed by atoms with Crippen molar-refractivity contribution in [3.05, 3.63) is 83.3 Å². The number of carbonyl (C=O) groups excluding carboxylic acids is 1. The first-order chi connectivity index (χ1) is 19.6. The number of aryl methyl sites for hydroxylation is 1. The average molecular weight is 562 g/mol. The second-order valence-corrected chi connectivity index (χ2v) is 10.7. The number of likely N-dealkylation sites (N-methyl/N-ethyl adjacent to an activating group) is 1. The minimum absolute atomic E-state index is 0.0752. The predicted octanol–water partition coefficient (Wildman–Crippen LogP) is 5.51. The molecule has 1 atom stereocenters. The molecule has 9 heteroatoms. The summed E-state index contributed by atoms with van der Waals surface area (Å²) in [5.41, 5.74) is 6.22. The lowest BCUT2D eigenvalue weighted by Crippen LogP contribution is -2.23. The van der Waals surface area contributed by atoms with Crippen molar-refractivity contribution in [2.75, 3.05) is 25.5 Å². The van der Waals surface area contributed by atoms with Crippen LogP contribution in [-0.4, -0.2) is 61.9 Å². The Bertz CT molecular complexity index is 1410. The number of nitrogens with zero attached hydrogens (tertiary/aromatic N) is 3. The summed E-state index contributed by atoms with van der Waals surface area (Å²) in [4.78, 5) is 28.1. The Balaban J connectivity index is 0.000000352. The second-order valence-electron chi connectivity index (χ2n) is 10.7. The van der Waals surface area contributed by atoms with Gasteiger partial charge >= 0.3 is 5.97 Å². The molecule has 0 radical (unpaired) electrons. The van der Waals surface area contributed by atoms with Crippen LogP contribution in [0.2, 0.25) is 0 Å². The molecule has 2 aromatic heterocycles. The smallest absolute Gasteiger partial charge is 0.337 e. The molecule has 1 amide bonds. The molecule has 0 spiro atoms. The number of nitrogens with one attached hydrogen (secondary N) is 2. The van der Waals surface area contributed by atoms with Crippen molar-refractivity contribution in [2.45, 2.75) is 65.5 Å². The predicted molar refractivity (Wildman–Crippen MR) is 163 cm³/mol. The number of fused-ring (bicyclic) bond motifs is 1. The van der Waals surface area contributed by atoms with Gasteiger partial charge in [-0.05, 0) is 82.0 Å². The van der Waals surface area contributed by atoms with Crippen LogP contribution in [0.15, 0.2) is 60.9 Å². The van der Waals surface area contributed by atoms with Gasteiger partial charge in [0.2, 0.25) is 5.91 Å². The highest BCUT2D eigenvalue weighted by Crippen LogP contribution is 2.26. The summed E-state index contributed by atoms with van der Waals surface area (Å²) in [6.07, 6.45) is 6.11. The van der Waals surface area contributed by atoms with Gasteiger partial charge in [0.05, 0.1) is 6.20 Å². The van der Waals surface area contributed by atoms with Crippen LogP contribution in [0.4, 0.5) is 5.69 Å². The van der Waals surface area contributed by atoms with E-state index in [1.54, 1.807) is 30.3 Å². The Morgan fingerprint density at radius 3 is 2.44 bits per heavy atom. The highest BCUT2D eigenvalue weighted by molar-refractivity contribution is 5.95. The zero-order valence-electron chi connectivity index (χ0n) is 24.7. The van der Waals surface area contributed by atoms with Crippen LogP contribution >= 0.6 is 0 Å². The number of hydrogen-bond donors (Lipinski definition) is 4. The molecular weight excluding hydrogens is 518 g/mol. The molecule has 0 fully saturated rings. The van der Waals surface area contributed by atoms with Crippen molar-refractivity contribution >= 4 is 28.5 Å². The molecular formula is C32H43N5O4. The number of amides is 1. The zero-order valence-corrected chi connectivity index (χ0v) is 24.7. The molecule has 41 heavy (non-hydrogen) atoms. The van der Waals surface area contributed by atoms with Gasteiger partial charge in [0.15, 0.2) is 6.10 Å². The second kappa shape index (κ2) is 15.2. The fourth-order valence-corrected chi connectivity index (χ4v) is 4.53. The van der Waals surface area contributed by atoms with E-state index in [-0.39, 0.29) is 5.91 Å². The number of aliphatic hydroxyl groups is 1. The minimum Gasteiger partial charge on any atom is -0.479 e. The number of carboxylic acids is 1. The first-order valence-electron chi connectivity index (χ1n) is 14.2.